The highest BCUT2D eigenvalue weighted by Crippen LogP contribution is 2.25. The van der Waals surface area contributed by atoms with Crippen LogP contribution in [0.4, 0.5) is 5.69 Å². The van der Waals surface area contributed by atoms with Gasteiger partial charge in [0.2, 0.25) is 0 Å². The highest BCUT2D eigenvalue weighted by molar-refractivity contribution is 6.36. The molecule has 84 valence electrons. The van der Waals surface area contributed by atoms with Gasteiger partial charge in [-0.2, -0.15) is 0 Å². The average molecular weight is 255 g/mol. The number of benzene rings is 1. The Hall–Kier alpha value is -1.12. The lowest BCUT2D eigenvalue weighted by Gasteiger charge is -2.09. The third-order valence-corrected chi connectivity index (χ3v) is 2.99. The minimum atomic E-state index is 0.640. The first-order valence-electron chi connectivity index (χ1n) is 4.96. The second kappa shape index (κ2) is 4.81. The Bertz CT molecular complexity index is 492. The lowest BCUT2D eigenvalue weighted by atomic mass is 10.3. The standard InChI is InChI=1S/C12H12Cl2N2/c1-16-6-2-3-10(16)8-15-12-5-4-9(13)7-11(12)14/h2-7,15H,8H2,1H3. The predicted molar refractivity (Wildman–Crippen MR) is 69.2 cm³/mol. The van der Waals surface area contributed by atoms with Crippen LogP contribution in [0.2, 0.25) is 10.0 Å². The molecule has 16 heavy (non-hydrogen) atoms. The number of rotatable bonds is 3. The molecule has 0 aliphatic carbocycles. The van der Waals surface area contributed by atoms with Gasteiger partial charge in [0.25, 0.3) is 0 Å². The van der Waals surface area contributed by atoms with Gasteiger partial charge in [-0.25, -0.2) is 0 Å². The molecule has 0 saturated heterocycles. The van der Waals surface area contributed by atoms with E-state index in [1.165, 1.54) is 5.69 Å². The van der Waals surface area contributed by atoms with Crippen LogP contribution in [0.5, 0.6) is 0 Å². The molecule has 0 fully saturated rings. The third-order valence-electron chi connectivity index (χ3n) is 2.44. The van der Waals surface area contributed by atoms with E-state index in [-0.39, 0.29) is 0 Å². The molecule has 1 aromatic carbocycles. The molecule has 0 aliphatic heterocycles. The molecule has 0 spiro atoms. The largest absolute Gasteiger partial charge is 0.378 e. The molecule has 0 bridgehead atoms. The molecule has 2 nitrogen and oxygen atoms in total. The maximum Gasteiger partial charge on any atom is 0.0652 e. The molecule has 4 heteroatoms. The fraction of sp³-hybridized carbons (Fsp3) is 0.167. The summed E-state index contributed by atoms with van der Waals surface area (Å²) < 4.78 is 2.07. The van der Waals surface area contributed by atoms with Crippen LogP contribution >= 0.6 is 23.2 Å². The second-order valence-electron chi connectivity index (χ2n) is 3.59. The summed E-state index contributed by atoms with van der Waals surface area (Å²) in [6.07, 6.45) is 2.01. The van der Waals surface area contributed by atoms with Crippen LogP contribution in [0.15, 0.2) is 36.5 Å². The first kappa shape index (κ1) is 11.4. The number of anilines is 1. The van der Waals surface area contributed by atoms with E-state index in [1.807, 2.05) is 31.4 Å². The van der Waals surface area contributed by atoms with Gasteiger partial charge in [0.05, 0.1) is 17.3 Å². The topological polar surface area (TPSA) is 17.0 Å². The van der Waals surface area contributed by atoms with Crippen LogP contribution in [-0.2, 0) is 13.6 Å². The second-order valence-corrected chi connectivity index (χ2v) is 4.43. The van der Waals surface area contributed by atoms with Gasteiger partial charge in [0, 0.05) is 24.0 Å². The van der Waals surface area contributed by atoms with Crippen LogP contribution in [0.1, 0.15) is 5.69 Å². The quantitative estimate of drug-likeness (QED) is 0.878. The Morgan fingerprint density at radius 3 is 2.69 bits per heavy atom. The van der Waals surface area contributed by atoms with Gasteiger partial charge < -0.3 is 9.88 Å². The van der Waals surface area contributed by atoms with Gasteiger partial charge in [-0.3, -0.25) is 0 Å². The zero-order valence-electron chi connectivity index (χ0n) is 8.87. The molecule has 2 aromatic rings. The van der Waals surface area contributed by atoms with Crippen molar-refractivity contribution in [2.24, 2.45) is 7.05 Å². The minimum absolute atomic E-state index is 0.640. The summed E-state index contributed by atoms with van der Waals surface area (Å²) in [5, 5.41) is 4.56. The molecule has 0 radical (unpaired) electrons. The van der Waals surface area contributed by atoms with Crippen molar-refractivity contribution in [3.8, 4) is 0 Å². The molecular weight excluding hydrogens is 243 g/mol. The van der Waals surface area contributed by atoms with Crippen molar-refractivity contribution in [1.82, 2.24) is 4.57 Å². The Kier molecular flexibility index (Phi) is 3.42. The van der Waals surface area contributed by atoms with E-state index in [1.54, 1.807) is 6.07 Å². The van der Waals surface area contributed by atoms with E-state index in [2.05, 4.69) is 16.0 Å². The van der Waals surface area contributed by atoms with Crippen LogP contribution in [0.3, 0.4) is 0 Å². The molecule has 2 rings (SSSR count). The van der Waals surface area contributed by atoms with Gasteiger partial charge in [-0.05, 0) is 30.3 Å². The lowest BCUT2D eigenvalue weighted by molar-refractivity contribution is 0.842. The van der Waals surface area contributed by atoms with Crippen molar-refractivity contribution in [2.45, 2.75) is 6.54 Å². The molecule has 0 unspecified atom stereocenters. The molecular formula is C12H12Cl2N2. The molecule has 0 atom stereocenters. The van der Waals surface area contributed by atoms with E-state index >= 15 is 0 Å². The summed E-state index contributed by atoms with van der Waals surface area (Å²) in [7, 11) is 2.01. The number of nitrogens with one attached hydrogen (secondary N) is 1. The molecule has 1 heterocycles. The number of hydrogen-bond donors (Lipinski definition) is 1. The average Bonchev–Trinajstić information content (AvgIpc) is 2.63. The van der Waals surface area contributed by atoms with Crippen molar-refractivity contribution in [1.29, 1.82) is 0 Å². The van der Waals surface area contributed by atoms with Crippen molar-refractivity contribution in [3.63, 3.8) is 0 Å². The summed E-state index contributed by atoms with van der Waals surface area (Å²) in [6.45, 7) is 0.741. The van der Waals surface area contributed by atoms with Crippen molar-refractivity contribution in [3.05, 3.63) is 52.3 Å². The zero-order chi connectivity index (χ0) is 11.5. The van der Waals surface area contributed by atoms with E-state index in [4.69, 9.17) is 23.2 Å². The summed E-state index contributed by atoms with van der Waals surface area (Å²) in [5.74, 6) is 0. The molecule has 0 aliphatic rings. The number of nitrogens with zero attached hydrogens (tertiary/aromatic N) is 1. The number of halogens is 2. The van der Waals surface area contributed by atoms with Crippen LogP contribution in [0, 0.1) is 0 Å². The summed E-state index contributed by atoms with van der Waals surface area (Å²) in [5.41, 5.74) is 2.10. The van der Waals surface area contributed by atoms with E-state index in [0.29, 0.717) is 10.0 Å². The third kappa shape index (κ3) is 2.52. The normalized spacial score (nSPS) is 10.4. The van der Waals surface area contributed by atoms with E-state index < -0.39 is 0 Å². The van der Waals surface area contributed by atoms with E-state index in [0.717, 1.165) is 12.2 Å². The summed E-state index contributed by atoms with van der Waals surface area (Å²) >= 11 is 11.9. The van der Waals surface area contributed by atoms with Crippen LogP contribution in [0.25, 0.3) is 0 Å². The maximum atomic E-state index is 6.06. The van der Waals surface area contributed by atoms with Crippen LogP contribution < -0.4 is 5.32 Å². The van der Waals surface area contributed by atoms with Gasteiger partial charge in [-0.1, -0.05) is 23.2 Å². The Morgan fingerprint density at radius 1 is 1.25 bits per heavy atom. The molecule has 0 amide bonds. The van der Waals surface area contributed by atoms with Crippen LogP contribution in [-0.4, -0.2) is 4.57 Å². The van der Waals surface area contributed by atoms with Crippen molar-refractivity contribution >= 4 is 28.9 Å². The fourth-order valence-corrected chi connectivity index (χ4v) is 1.97. The van der Waals surface area contributed by atoms with Crippen molar-refractivity contribution in [2.75, 3.05) is 5.32 Å². The van der Waals surface area contributed by atoms with Gasteiger partial charge >= 0.3 is 0 Å². The number of aromatic nitrogens is 1. The Labute approximate surface area is 105 Å². The molecule has 1 aromatic heterocycles. The molecule has 1 N–H and O–H groups in total. The monoisotopic (exact) mass is 254 g/mol. The van der Waals surface area contributed by atoms with Crippen molar-refractivity contribution < 1.29 is 0 Å². The Balaban J connectivity index is 2.08. The molecule has 0 saturated carbocycles. The highest BCUT2D eigenvalue weighted by Gasteiger charge is 2.02. The highest BCUT2D eigenvalue weighted by atomic mass is 35.5. The summed E-state index contributed by atoms with van der Waals surface area (Å²) in [6, 6.07) is 9.52. The predicted octanol–water partition coefficient (Wildman–Crippen LogP) is 3.94. The van der Waals surface area contributed by atoms with Gasteiger partial charge in [0.1, 0.15) is 0 Å². The first-order valence-corrected chi connectivity index (χ1v) is 5.71. The Morgan fingerprint density at radius 2 is 2.06 bits per heavy atom. The lowest BCUT2D eigenvalue weighted by Crippen LogP contribution is -2.04. The first-order chi connectivity index (χ1) is 7.66. The maximum absolute atomic E-state index is 6.06. The fourth-order valence-electron chi connectivity index (χ4n) is 1.50. The van der Waals surface area contributed by atoms with E-state index in [9.17, 15) is 0 Å². The number of aryl methyl sites for hydroxylation is 1. The SMILES string of the molecule is Cn1cccc1CNc1ccc(Cl)cc1Cl. The smallest absolute Gasteiger partial charge is 0.0652 e. The van der Waals surface area contributed by atoms with Gasteiger partial charge in [0.15, 0.2) is 0 Å². The summed E-state index contributed by atoms with van der Waals surface area (Å²) in [4.78, 5) is 0. The van der Waals surface area contributed by atoms with Gasteiger partial charge in [-0.15, -0.1) is 0 Å². The number of hydrogen-bond acceptors (Lipinski definition) is 1. The minimum Gasteiger partial charge on any atom is -0.378 e. The zero-order valence-corrected chi connectivity index (χ0v) is 10.4.